The first-order chi connectivity index (χ1) is 11.1. The van der Waals surface area contributed by atoms with Crippen LogP contribution in [0.25, 0.3) is 0 Å². The van der Waals surface area contributed by atoms with E-state index in [-0.39, 0.29) is 30.4 Å². The Kier molecular flexibility index (Phi) is 9.42. The van der Waals surface area contributed by atoms with Crippen molar-refractivity contribution in [2.75, 3.05) is 27.7 Å². The molecule has 0 radical (unpaired) electrons. The molecule has 3 N–H and O–H groups in total. The molecule has 0 amide bonds. The van der Waals surface area contributed by atoms with Gasteiger partial charge in [0.15, 0.2) is 6.10 Å². The van der Waals surface area contributed by atoms with Crippen molar-refractivity contribution < 1.29 is 23.9 Å². The van der Waals surface area contributed by atoms with Crippen LogP contribution in [-0.2, 0) is 23.9 Å². The summed E-state index contributed by atoms with van der Waals surface area (Å²) in [6, 6.07) is -0.264. The van der Waals surface area contributed by atoms with Crippen LogP contribution in [0.15, 0.2) is 12.2 Å². The third-order valence-electron chi connectivity index (χ3n) is 3.72. The lowest BCUT2D eigenvalue weighted by molar-refractivity contribution is -0.159. The summed E-state index contributed by atoms with van der Waals surface area (Å²) in [7, 11) is 5.03. The van der Waals surface area contributed by atoms with Gasteiger partial charge in [0.1, 0.15) is 24.5 Å². The van der Waals surface area contributed by atoms with E-state index in [4.69, 9.17) is 9.47 Å². The van der Waals surface area contributed by atoms with Crippen molar-refractivity contribution in [1.82, 2.24) is 16.0 Å². The Morgan fingerprint density at radius 1 is 1.12 bits per heavy atom. The number of likely N-dealkylation sites (N-methyl/N-ethyl adjacent to an activating group) is 3. The third kappa shape index (κ3) is 6.38. The van der Waals surface area contributed by atoms with E-state index >= 15 is 0 Å². The number of nitrogens with one attached hydrogen (secondary N) is 3. The predicted octanol–water partition coefficient (Wildman–Crippen LogP) is -0.260. The zero-order valence-corrected chi connectivity index (χ0v) is 15.3. The highest BCUT2D eigenvalue weighted by Crippen LogP contribution is 2.17. The maximum atomic E-state index is 12.0. The van der Waals surface area contributed by atoms with Gasteiger partial charge in [-0.15, -0.1) is 0 Å². The molecule has 8 heteroatoms. The molecule has 138 valence electrons. The summed E-state index contributed by atoms with van der Waals surface area (Å²) >= 11 is 0. The van der Waals surface area contributed by atoms with E-state index < -0.39 is 23.7 Å². The molecule has 0 aliphatic carbocycles. The van der Waals surface area contributed by atoms with Crippen molar-refractivity contribution in [2.24, 2.45) is 0 Å². The van der Waals surface area contributed by atoms with Gasteiger partial charge in [0.2, 0.25) is 0 Å². The van der Waals surface area contributed by atoms with Gasteiger partial charge in [0.25, 0.3) is 0 Å². The third-order valence-corrected chi connectivity index (χ3v) is 3.72. The topological polar surface area (TPSA) is 106 Å². The van der Waals surface area contributed by atoms with E-state index in [1.165, 1.54) is 6.92 Å². The Morgan fingerprint density at radius 2 is 1.67 bits per heavy atom. The maximum absolute atomic E-state index is 12.0. The van der Waals surface area contributed by atoms with E-state index in [0.717, 1.165) is 0 Å². The smallest absolute Gasteiger partial charge is 0.333 e. The summed E-state index contributed by atoms with van der Waals surface area (Å²) in [4.78, 5) is 34.7. The van der Waals surface area contributed by atoms with Gasteiger partial charge in [-0.1, -0.05) is 6.58 Å². The van der Waals surface area contributed by atoms with Gasteiger partial charge in [0, 0.05) is 11.6 Å². The molecule has 0 spiro atoms. The molecule has 0 rings (SSSR count). The highest BCUT2D eigenvalue weighted by Gasteiger charge is 2.43. The van der Waals surface area contributed by atoms with Crippen molar-refractivity contribution in [3.63, 3.8) is 0 Å². The van der Waals surface area contributed by atoms with Crippen molar-refractivity contribution in [3.8, 4) is 0 Å². The van der Waals surface area contributed by atoms with E-state index in [2.05, 4.69) is 22.5 Å². The quantitative estimate of drug-likeness (QED) is 0.204. The van der Waals surface area contributed by atoms with E-state index in [1.54, 1.807) is 28.1 Å². The Bertz CT molecular complexity index is 474. The number of ketones is 1. The van der Waals surface area contributed by atoms with Crippen LogP contribution in [-0.4, -0.2) is 63.3 Å². The van der Waals surface area contributed by atoms with Crippen LogP contribution in [0.2, 0.25) is 0 Å². The van der Waals surface area contributed by atoms with Crippen LogP contribution in [0.5, 0.6) is 0 Å². The van der Waals surface area contributed by atoms with Crippen LogP contribution in [0.3, 0.4) is 0 Å². The fraction of sp³-hybridized carbons (Fsp3) is 0.688. The molecule has 0 heterocycles. The van der Waals surface area contributed by atoms with Crippen LogP contribution >= 0.6 is 0 Å². The van der Waals surface area contributed by atoms with Gasteiger partial charge in [0.05, 0.1) is 0 Å². The van der Waals surface area contributed by atoms with Crippen molar-refractivity contribution in [1.29, 1.82) is 0 Å². The lowest BCUT2D eigenvalue weighted by Gasteiger charge is -2.41. The van der Waals surface area contributed by atoms with Crippen LogP contribution in [0.4, 0.5) is 0 Å². The first-order valence-electron chi connectivity index (χ1n) is 7.70. The molecule has 0 fully saturated rings. The number of ether oxygens (including phenoxy) is 2. The lowest BCUT2D eigenvalue weighted by atomic mass is 9.97. The van der Waals surface area contributed by atoms with Crippen LogP contribution in [0.1, 0.15) is 27.2 Å². The Balaban J connectivity index is 5.39. The standard InChI is InChI=1S/C16H29N3O5/c1-10(2)15(22)24-14(12(4)17-5)16(18-6,19-7)9-23-13(21)8-11(3)20/h12,14,17-19H,1,8-9H2,2-7H3. The highest BCUT2D eigenvalue weighted by molar-refractivity contribution is 5.94. The molecule has 0 aliphatic heterocycles. The summed E-state index contributed by atoms with van der Waals surface area (Å²) in [5, 5.41) is 9.05. The fourth-order valence-corrected chi connectivity index (χ4v) is 2.08. The zero-order valence-electron chi connectivity index (χ0n) is 15.3. The van der Waals surface area contributed by atoms with Crippen molar-refractivity contribution in [2.45, 2.75) is 45.0 Å². The van der Waals surface area contributed by atoms with Gasteiger partial charge < -0.3 is 14.8 Å². The average Bonchev–Trinajstić information content (AvgIpc) is 2.53. The number of hydrogen-bond donors (Lipinski definition) is 3. The number of Topliss-reactive ketones (excluding diaryl/α,β-unsaturated/α-hetero) is 1. The van der Waals surface area contributed by atoms with Gasteiger partial charge in [-0.2, -0.15) is 0 Å². The van der Waals surface area contributed by atoms with Crippen LogP contribution < -0.4 is 16.0 Å². The minimum Gasteiger partial charge on any atom is -0.462 e. The normalized spacial score (nSPS) is 13.8. The molecule has 2 unspecified atom stereocenters. The summed E-state index contributed by atoms with van der Waals surface area (Å²) in [6.45, 7) is 8.14. The van der Waals surface area contributed by atoms with Gasteiger partial charge in [-0.3, -0.25) is 20.2 Å². The van der Waals surface area contributed by atoms with Crippen molar-refractivity contribution >= 4 is 17.7 Å². The molecule has 0 saturated heterocycles. The second kappa shape index (κ2) is 10.2. The first-order valence-corrected chi connectivity index (χ1v) is 7.70. The molecule has 24 heavy (non-hydrogen) atoms. The number of esters is 2. The number of hydrogen-bond acceptors (Lipinski definition) is 8. The van der Waals surface area contributed by atoms with Crippen molar-refractivity contribution in [3.05, 3.63) is 12.2 Å². The monoisotopic (exact) mass is 343 g/mol. The summed E-state index contributed by atoms with van der Waals surface area (Å²) in [6.07, 6.45) is -1.02. The molecular formula is C16H29N3O5. The Hall–Kier alpha value is -1.77. The zero-order chi connectivity index (χ0) is 18.9. The summed E-state index contributed by atoms with van der Waals surface area (Å²) in [5.74, 6) is -1.47. The minimum atomic E-state index is -1.04. The molecular weight excluding hydrogens is 314 g/mol. The second-order valence-corrected chi connectivity index (χ2v) is 5.69. The minimum absolute atomic E-state index is 0.133. The second-order valence-electron chi connectivity index (χ2n) is 5.69. The molecule has 0 aliphatic rings. The molecule has 0 bridgehead atoms. The fourth-order valence-electron chi connectivity index (χ4n) is 2.08. The molecule has 0 saturated carbocycles. The SMILES string of the molecule is C=C(C)C(=O)OC(C(C)NC)C(COC(=O)CC(C)=O)(NC)NC. The molecule has 8 nitrogen and oxygen atoms in total. The first kappa shape index (κ1) is 22.2. The summed E-state index contributed by atoms with van der Waals surface area (Å²) < 4.78 is 10.7. The number of carbonyl (C=O) groups excluding carboxylic acids is 3. The predicted molar refractivity (Wildman–Crippen MR) is 90.3 cm³/mol. The van der Waals surface area contributed by atoms with E-state index in [0.29, 0.717) is 0 Å². The van der Waals surface area contributed by atoms with Crippen LogP contribution in [0, 0.1) is 0 Å². The molecule has 0 aromatic rings. The number of rotatable bonds is 11. The van der Waals surface area contributed by atoms with Gasteiger partial charge in [-0.25, -0.2) is 4.79 Å². The number of carbonyl (C=O) groups is 3. The van der Waals surface area contributed by atoms with E-state index in [1.807, 2.05) is 6.92 Å². The molecule has 2 atom stereocenters. The molecule has 0 aromatic heterocycles. The Labute approximate surface area is 143 Å². The largest absolute Gasteiger partial charge is 0.462 e. The lowest BCUT2D eigenvalue weighted by Crippen LogP contribution is -2.70. The highest BCUT2D eigenvalue weighted by atomic mass is 16.6. The summed E-state index contributed by atoms with van der Waals surface area (Å²) in [5.41, 5.74) is -0.780. The Morgan fingerprint density at radius 3 is 2.04 bits per heavy atom. The molecule has 0 aromatic carbocycles. The maximum Gasteiger partial charge on any atom is 0.333 e. The van der Waals surface area contributed by atoms with E-state index in [9.17, 15) is 14.4 Å². The van der Waals surface area contributed by atoms with Gasteiger partial charge in [-0.05, 0) is 41.9 Å². The van der Waals surface area contributed by atoms with Gasteiger partial charge >= 0.3 is 11.9 Å². The average molecular weight is 343 g/mol.